The van der Waals surface area contributed by atoms with Crippen molar-refractivity contribution >= 4 is 5.91 Å². The van der Waals surface area contributed by atoms with Crippen molar-refractivity contribution < 1.29 is 4.79 Å². The van der Waals surface area contributed by atoms with Gasteiger partial charge in [0.15, 0.2) is 0 Å². The van der Waals surface area contributed by atoms with Crippen molar-refractivity contribution in [2.24, 2.45) is 5.92 Å². The molecule has 2 aliphatic rings. The largest absolute Gasteiger partial charge is 0.321 e. The van der Waals surface area contributed by atoms with Gasteiger partial charge in [0.2, 0.25) is 5.91 Å². The summed E-state index contributed by atoms with van der Waals surface area (Å²) in [7, 11) is 2.16. The van der Waals surface area contributed by atoms with Crippen LogP contribution in [0.5, 0.6) is 0 Å². The molecule has 114 valence electrons. The predicted octanol–water partition coefficient (Wildman–Crippen LogP) is 1.77. The Hall–Kier alpha value is -1.39. The minimum atomic E-state index is -0.0883. The van der Waals surface area contributed by atoms with Crippen LogP contribution >= 0.6 is 0 Å². The number of aryl methyl sites for hydroxylation is 1. The van der Waals surface area contributed by atoms with Gasteiger partial charge in [0.1, 0.15) is 6.17 Å². The third kappa shape index (κ3) is 2.97. The lowest BCUT2D eigenvalue weighted by Gasteiger charge is -2.27. The van der Waals surface area contributed by atoms with E-state index in [4.69, 9.17) is 0 Å². The molecule has 4 heteroatoms. The van der Waals surface area contributed by atoms with Gasteiger partial charge in [-0.1, -0.05) is 29.8 Å². The standard InChI is InChI=1S/C17H25N3O/c1-12-5-4-6-15(9-12)16-18-13(2)17(21)20(16)11-14-7-8-19(3)10-14/h4-6,9,13-14,16,18H,7-8,10-11H2,1-3H3. The third-order valence-electron chi connectivity index (χ3n) is 4.67. The molecular weight excluding hydrogens is 262 g/mol. The summed E-state index contributed by atoms with van der Waals surface area (Å²) in [6.07, 6.45) is 1.22. The number of benzene rings is 1. The lowest BCUT2D eigenvalue weighted by Crippen LogP contribution is -2.35. The van der Waals surface area contributed by atoms with Crippen LogP contribution in [-0.4, -0.2) is 48.4 Å². The topological polar surface area (TPSA) is 35.6 Å². The first-order valence-corrected chi connectivity index (χ1v) is 7.86. The van der Waals surface area contributed by atoms with Crippen LogP contribution in [0.3, 0.4) is 0 Å². The third-order valence-corrected chi connectivity index (χ3v) is 4.67. The van der Waals surface area contributed by atoms with Gasteiger partial charge in [0.05, 0.1) is 6.04 Å². The van der Waals surface area contributed by atoms with Crippen LogP contribution in [0.15, 0.2) is 24.3 Å². The molecule has 3 rings (SSSR count). The Kier molecular flexibility index (Phi) is 4.00. The zero-order chi connectivity index (χ0) is 15.0. The van der Waals surface area contributed by atoms with E-state index in [1.165, 1.54) is 17.5 Å². The highest BCUT2D eigenvalue weighted by molar-refractivity contribution is 5.84. The second-order valence-electron chi connectivity index (χ2n) is 6.61. The maximum atomic E-state index is 12.5. The summed E-state index contributed by atoms with van der Waals surface area (Å²) in [5.74, 6) is 0.828. The van der Waals surface area contributed by atoms with Crippen molar-refractivity contribution in [3.63, 3.8) is 0 Å². The van der Waals surface area contributed by atoms with E-state index < -0.39 is 0 Å². The summed E-state index contributed by atoms with van der Waals surface area (Å²) in [5, 5.41) is 3.45. The van der Waals surface area contributed by atoms with E-state index >= 15 is 0 Å². The number of likely N-dealkylation sites (tertiary alicyclic amines) is 1. The summed E-state index contributed by atoms with van der Waals surface area (Å²) in [4.78, 5) is 16.9. The van der Waals surface area contributed by atoms with Crippen molar-refractivity contribution in [1.29, 1.82) is 0 Å². The normalized spacial score (nSPS) is 30.3. The predicted molar refractivity (Wildman–Crippen MR) is 83.8 cm³/mol. The molecule has 0 bridgehead atoms. The van der Waals surface area contributed by atoms with Gasteiger partial charge in [-0.3, -0.25) is 10.1 Å². The van der Waals surface area contributed by atoms with Crippen LogP contribution in [0.4, 0.5) is 0 Å². The van der Waals surface area contributed by atoms with Gasteiger partial charge in [-0.2, -0.15) is 0 Å². The second kappa shape index (κ2) is 5.78. The van der Waals surface area contributed by atoms with Gasteiger partial charge in [0, 0.05) is 13.1 Å². The molecule has 2 aliphatic heterocycles. The van der Waals surface area contributed by atoms with E-state index in [1.807, 2.05) is 11.8 Å². The van der Waals surface area contributed by atoms with Crippen LogP contribution in [0.25, 0.3) is 0 Å². The molecule has 0 saturated carbocycles. The quantitative estimate of drug-likeness (QED) is 0.920. The SMILES string of the molecule is Cc1cccc(C2NC(C)C(=O)N2CC2CCN(C)C2)c1. The Balaban J connectivity index is 1.79. The van der Waals surface area contributed by atoms with Crippen molar-refractivity contribution in [3.8, 4) is 0 Å². The summed E-state index contributed by atoms with van der Waals surface area (Å²) in [5.41, 5.74) is 2.43. The van der Waals surface area contributed by atoms with Gasteiger partial charge >= 0.3 is 0 Å². The summed E-state index contributed by atoms with van der Waals surface area (Å²) >= 11 is 0. The molecule has 4 nitrogen and oxygen atoms in total. The molecule has 1 aromatic rings. The number of hydrogen-bond donors (Lipinski definition) is 1. The van der Waals surface area contributed by atoms with Gasteiger partial charge in [-0.05, 0) is 45.3 Å². The molecule has 3 atom stereocenters. The molecule has 0 aromatic heterocycles. The zero-order valence-corrected chi connectivity index (χ0v) is 13.2. The first-order chi connectivity index (χ1) is 10.0. The minimum absolute atomic E-state index is 0.0262. The molecule has 1 aromatic carbocycles. The monoisotopic (exact) mass is 287 g/mol. The first kappa shape index (κ1) is 14.5. The van der Waals surface area contributed by atoms with Crippen LogP contribution in [0, 0.1) is 12.8 Å². The fraction of sp³-hybridized carbons (Fsp3) is 0.588. The number of nitrogens with one attached hydrogen (secondary N) is 1. The highest BCUT2D eigenvalue weighted by Gasteiger charge is 2.38. The molecular formula is C17H25N3O. The maximum absolute atomic E-state index is 12.5. The summed E-state index contributed by atoms with van der Waals surface area (Å²) < 4.78 is 0. The van der Waals surface area contributed by atoms with Gasteiger partial charge < -0.3 is 9.80 Å². The van der Waals surface area contributed by atoms with E-state index in [0.717, 1.165) is 19.6 Å². The Morgan fingerprint density at radius 1 is 1.38 bits per heavy atom. The molecule has 1 amide bonds. The van der Waals surface area contributed by atoms with Crippen LogP contribution in [-0.2, 0) is 4.79 Å². The highest BCUT2D eigenvalue weighted by atomic mass is 16.2. The van der Waals surface area contributed by atoms with E-state index in [2.05, 4.69) is 48.5 Å². The second-order valence-corrected chi connectivity index (χ2v) is 6.61. The Labute approximate surface area is 127 Å². The Morgan fingerprint density at radius 3 is 2.86 bits per heavy atom. The number of nitrogens with zero attached hydrogens (tertiary/aromatic N) is 2. The minimum Gasteiger partial charge on any atom is -0.321 e. The van der Waals surface area contributed by atoms with Crippen molar-refractivity contribution in [2.45, 2.75) is 32.5 Å². The fourth-order valence-corrected chi connectivity index (χ4v) is 3.54. The van der Waals surface area contributed by atoms with Gasteiger partial charge in [-0.15, -0.1) is 0 Å². The average molecular weight is 287 g/mol. The molecule has 2 fully saturated rings. The number of rotatable bonds is 3. The smallest absolute Gasteiger partial charge is 0.241 e. The number of carbonyl (C=O) groups is 1. The number of carbonyl (C=O) groups excluding carboxylic acids is 1. The van der Waals surface area contributed by atoms with E-state index in [-0.39, 0.29) is 18.1 Å². The van der Waals surface area contributed by atoms with Crippen molar-refractivity contribution in [3.05, 3.63) is 35.4 Å². The van der Waals surface area contributed by atoms with Crippen LogP contribution in [0.1, 0.15) is 30.6 Å². The highest BCUT2D eigenvalue weighted by Crippen LogP contribution is 2.28. The van der Waals surface area contributed by atoms with Crippen LogP contribution in [0.2, 0.25) is 0 Å². The number of hydrogen-bond acceptors (Lipinski definition) is 3. The summed E-state index contributed by atoms with van der Waals surface area (Å²) in [6, 6.07) is 8.37. The molecule has 0 spiro atoms. The molecule has 21 heavy (non-hydrogen) atoms. The van der Waals surface area contributed by atoms with Gasteiger partial charge in [-0.25, -0.2) is 0 Å². The fourth-order valence-electron chi connectivity index (χ4n) is 3.54. The van der Waals surface area contributed by atoms with E-state index in [1.54, 1.807) is 0 Å². The lowest BCUT2D eigenvalue weighted by atomic mass is 10.1. The first-order valence-electron chi connectivity index (χ1n) is 7.86. The molecule has 0 aliphatic carbocycles. The molecule has 2 saturated heterocycles. The lowest BCUT2D eigenvalue weighted by molar-refractivity contribution is -0.130. The Bertz CT molecular complexity index is 531. The molecule has 0 radical (unpaired) electrons. The van der Waals surface area contributed by atoms with E-state index in [9.17, 15) is 4.79 Å². The molecule has 1 N–H and O–H groups in total. The summed E-state index contributed by atoms with van der Waals surface area (Å²) in [6.45, 7) is 7.16. The molecule has 3 unspecified atom stereocenters. The zero-order valence-electron chi connectivity index (χ0n) is 13.2. The van der Waals surface area contributed by atoms with Crippen LogP contribution < -0.4 is 5.32 Å². The van der Waals surface area contributed by atoms with Crippen molar-refractivity contribution in [1.82, 2.24) is 15.1 Å². The molecule has 2 heterocycles. The number of amides is 1. The average Bonchev–Trinajstić information content (AvgIpc) is 2.98. The maximum Gasteiger partial charge on any atom is 0.241 e. The van der Waals surface area contributed by atoms with Gasteiger partial charge in [0.25, 0.3) is 0 Å². The van der Waals surface area contributed by atoms with E-state index in [0.29, 0.717) is 5.92 Å². The Morgan fingerprint density at radius 2 is 2.19 bits per heavy atom. The van der Waals surface area contributed by atoms with Crippen molar-refractivity contribution in [2.75, 3.05) is 26.7 Å².